The second-order valence-corrected chi connectivity index (χ2v) is 18.2. The lowest BCUT2D eigenvalue weighted by Crippen LogP contribution is -2.44. The van der Waals surface area contributed by atoms with E-state index in [4.69, 9.17) is 31.4 Å². The third-order valence-corrected chi connectivity index (χ3v) is 14.1. The molecule has 11 rings (SSSR count). The number of ether oxygens (including phenoxy) is 1. The van der Waals surface area contributed by atoms with Gasteiger partial charge in [0.2, 0.25) is 23.5 Å². The van der Waals surface area contributed by atoms with Crippen molar-refractivity contribution in [3.05, 3.63) is 80.9 Å². The number of para-hydroxylation sites is 1. The number of carbonyl (C=O) groups excluding carboxylic acids is 2. The number of halogens is 3. The molecule has 5 aliphatic rings. The number of fused-ring (bicyclic) bond motifs is 5. The molecule has 4 aliphatic heterocycles. The summed E-state index contributed by atoms with van der Waals surface area (Å²) in [6.07, 6.45) is 5.50. The van der Waals surface area contributed by atoms with E-state index < -0.39 is 30.0 Å². The van der Waals surface area contributed by atoms with Gasteiger partial charge in [-0.05, 0) is 69.2 Å². The first-order valence-corrected chi connectivity index (χ1v) is 22.3. The molecule has 2 saturated heterocycles. The van der Waals surface area contributed by atoms with E-state index in [1.165, 1.54) is 4.57 Å². The van der Waals surface area contributed by atoms with Gasteiger partial charge >= 0.3 is 5.92 Å². The molecule has 2 amide bonds. The van der Waals surface area contributed by atoms with E-state index in [2.05, 4.69) is 48.3 Å². The third-order valence-electron chi connectivity index (χ3n) is 13.8. The summed E-state index contributed by atoms with van der Waals surface area (Å²) >= 11 is 6.72. The number of alkyl halides is 2. The summed E-state index contributed by atoms with van der Waals surface area (Å²) in [7, 11) is 3.51. The first-order valence-electron chi connectivity index (χ1n) is 21.9. The number of rotatable bonds is 7. The molecule has 332 valence electrons. The number of amides is 2. The lowest BCUT2D eigenvalue weighted by Gasteiger charge is -2.35. The van der Waals surface area contributed by atoms with Gasteiger partial charge in [0.05, 0.1) is 64.2 Å². The molecule has 4 aromatic heterocycles. The first kappa shape index (κ1) is 40.5. The van der Waals surface area contributed by atoms with E-state index in [0.717, 1.165) is 59.7 Å². The molecule has 2 atom stereocenters. The lowest BCUT2D eigenvalue weighted by molar-refractivity contribution is -0.134. The van der Waals surface area contributed by atoms with Crippen LogP contribution in [0.2, 0.25) is 5.02 Å². The lowest BCUT2D eigenvalue weighted by atomic mass is 9.91. The van der Waals surface area contributed by atoms with Crippen molar-refractivity contribution in [3.8, 4) is 5.75 Å². The molecule has 8 heterocycles. The monoisotopic (exact) mass is 892 g/mol. The number of imide groups is 1. The number of aryl methyl sites for hydroxylation is 3. The smallest absolute Gasteiger partial charge is 0.301 e. The number of carbonyl (C=O) groups is 2. The van der Waals surface area contributed by atoms with E-state index in [9.17, 15) is 14.4 Å². The zero-order chi connectivity index (χ0) is 44.2. The number of benzene rings is 2. The van der Waals surface area contributed by atoms with Crippen molar-refractivity contribution in [1.29, 1.82) is 0 Å². The van der Waals surface area contributed by atoms with Crippen LogP contribution in [0, 0.1) is 12.8 Å². The Bertz CT molecular complexity index is 2970. The molecular formula is C45H47ClF2N12O4. The summed E-state index contributed by atoms with van der Waals surface area (Å²) < 4.78 is 41.6. The number of pyridine rings is 1. The number of aromatic nitrogens is 7. The van der Waals surface area contributed by atoms with Gasteiger partial charge in [-0.25, -0.2) is 18.7 Å². The van der Waals surface area contributed by atoms with Crippen LogP contribution >= 0.6 is 11.6 Å². The van der Waals surface area contributed by atoms with Gasteiger partial charge < -0.3 is 34.3 Å². The molecule has 3 N–H and O–H groups in total. The highest BCUT2D eigenvalue weighted by molar-refractivity contribution is 6.33. The molecule has 16 nitrogen and oxygen atoms in total. The van der Waals surface area contributed by atoms with Crippen molar-refractivity contribution in [1.82, 2.24) is 39.2 Å². The highest BCUT2D eigenvalue weighted by Crippen LogP contribution is 2.46. The Labute approximate surface area is 370 Å². The number of hydrogen-bond acceptors (Lipinski definition) is 12. The fraction of sp³-hybridized carbons (Fsp3) is 0.444. The summed E-state index contributed by atoms with van der Waals surface area (Å²) in [5, 5.41) is 15.5. The van der Waals surface area contributed by atoms with Gasteiger partial charge in [0.25, 0.3) is 5.56 Å². The molecule has 0 bridgehead atoms. The maximum atomic E-state index is 15.2. The quantitative estimate of drug-likeness (QED) is 0.154. The second kappa shape index (κ2) is 15.2. The van der Waals surface area contributed by atoms with E-state index in [1.54, 1.807) is 31.4 Å². The van der Waals surface area contributed by atoms with Crippen molar-refractivity contribution in [2.45, 2.75) is 82.3 Å². The minimum absolute atomic E-state index is 0.119. The predicted octanol–water partition coefficient (Wildman–Crippen LogP) is 6.26. The maximum absolute atomic E-state index is 15.2. The molecule has 64 heavy (non-hydrogen) atoms. The molecule has 0 spiro atoms. The van der Waals surface area contributed by atoms with Crippen LogP contribution in [0.25, 0.3) is 21.8 Å². The Balaban J connectivity index is 0.822. The van der Waals surface area contributed by atoms with Gasteiger partial charge in [-0.1, -0.05) is 23.7 Å². The Morgan fingerprint density at radius 3 is 2.53 bits per heavy atom. The van der Waals surface area contributed by atoms with E-state index in [1.807, 2.05) is 23.9 Å². The van der Waals surface area contributed by atoms with Crippen molar-refractivity contribution < 1.29 is 23.1 Å². The van der Waals surface area contributed by atoms with Crippen molar-refractivity contribution in [2.24, 2.45) is 20.0 Å². The van der Waals surface area contributed by atoms with Gasteiger partial charge in [0, 0.05) is 69.1 Å². The minimum Gasteiger partial charge on any atom is -0.480 e. The molecule has 1 unspecified atom stereocenters. The SMILES string of the molecule is Cc1nc(C2CCN(c3cccc4c(C5CCC(=O)NC5=O)nn(C)c34)CC2)c2n1CCN(c1ncc(Cl)c(Nc3ccc4c(c3)c3c(c(=O)n4C)OCC(F)(F)[C@H](C4CC4)N3)n1)C2. The average Bonchev–Trinajstić information content (AvgIpc) is 4.02. The van der Waals surface area contributed by atoms with Crippen molar-refractivity contribution >= 4 is 74.0 Å². The normalized spacial score (nSPS) is 21.3. The Morgan fingerprint density at radius 2 is 1.75 bits per heavy atom. The Kier molecular flexibility index (Phi) is 9.59. The Morgan fingerprint density at radius 1 is 0.938 bits per heavy atom. The van der Waals surface area contributed by atoms with Crippen LogP contribution in [0.5, 0.6) is 5.75 Å². The molecular weight excluding hydrogens is 846 g/mol. The number of piperidine rings is 2. The molecule has 19 heteroatoms. The van der Waals surface area contributed by atoms with Crippen LogP contribution in [-0.4, -0.2) is 83.9 Å². The molecule has 6 aromatic rings. The number of anilines is 5. The van der Waals surface area contributed by atoms with Crippen LogP contribution in [0.4, 0.5) is 37.6 Å². The number of hydrogen-bond donors (Lipinski definition) is 3. The van der Waals surface area contributed by atoms with E-state index >= 15 is 8.78 Å². The highest BCUT2D eigenvalue weighted by Gasteiger charge is 2.51. The van der Waals surface area contributed by atoms with Gasteiger partial charge in [0.1, 0.15) is 10.8 Å². The van der Waals surface area contributed by atoms with Crippen LogP contribution in [0.1, 0.15) is 73.3 Å². The van der Waals surface area contributed by atoms with Gasteiger partial charge in [-0.15, -0.1) is 0 Å². The standard InChI is InChI=1S/C45H47ClF2N12O4/c1-23-50-35(24-13-15-58(16-14-24)32-6-4-5-27-36(55-57(3)38(27)32)28-10-12-34(61)52-42(28)62)33-21-59(17-18-60(23)33)44-49-20-30(46)41(54-44)51-26-9-11-31-29(19-26)37-39(43(63)56(31)2)64-22-45(47,48)40(53-37)25-7-8-25/h4-6,9,11,19-20,24-25,28,40,53H,7-8,10,12-18,21-22H2,1-3H3,(H,49,51,54)(H,52,61,62)/t28?,40-/m0/s1. The van der Waals surface area contributed by atoms with E-state index in [-0.39, 0.29) is 35.1 Å². The third kappa shape index (κ3) is 6.79. The average molecular weight is 893 g/mol. The van der Waals surface area contributed by atoms with Crippen LogP contribution in [-0.2, 0) is 36.8 Å². The zero-order valence-corrected chi connectivity index (χ0v) is 36.4. The van der Waals surface area contributed by atoms with Gasteiger partial charge in [-0.3, -0.25) is 24.4 Å². The molecule has 1 aliphatic carbocycles. The summed E-state index contributed by atoms with van der Waals surface area (Å²) in [5.74, 6) is -2.37. The van der Waals surface area contributed by atoms with Crippen LogP contribution < -0.4 is 36.0 Å². The van der Waals surface area contributed by atoms with Crippen LogP contribution in [0.3, 0.4) is 0 Å². The first-order chi connectivity index (χ1) is 30.8. The molecule has 3 fully saturated rings. The molecule has 1 saturated carbocycles. The Hall–Kier alpha value is -6.30. The van der Waals surface area contributed by atoms with E-state index in [0.29, 0.717) is 84.4 Å². The molecule has 0 radical (unpaired) electrons. The largest absolute Gasteiger partial charge is 0.480 e. The van der Waals surface area contributed by atoms with Crippen molar-refractivity contribution in [2.75, 3.05) is 46.7 Å². The van der Waals surface area contributed by atoms with Gasteiger partial charge in [-0.2, -0.15) is 10.1 Å². The fourth-order valence-electron chi connectivity index (χ4n) is 10.3. The maximum Gasteiger partial charge on any atom is 0.301 e. The summed E-state index contributed by atoms with van der Waals surface area (Å²) in [4.78, 5) is 57.2. The zero-order valence-electron chi connectivity index (χ0n) is 35.6. The summed E-state index contributed by atoms with van der Waals surface area (Å²) in [6, 6.07) is 10.4. The van der Waals surface area contributed by atoms with Crippen molar-refractivity contribution in [3.63, 3.8) is 0 Å². The second-order valence-electron chi connectivity index (χ2n) is 17.8. The summed E-state index contributed by atoms with van der Waals surface area (Å²) in [5.41, 5.74) is 5.93. The molecule has 2 aromatic carbocycles. The predicted molar refractivity (Wildman–Crippen MR) is 238 cm³/mol. The number of nitrogens with one attached hydrogen (secondary N) is 3. The minimum atomic E-state index is -3.15. The summed E-state index contributed by atoms with van der Waals surface area (Å²) in [6.45, 7) is 4.75. The van der Waals surface area contributed by atoms with Crippen LogP contribution in [0.15, 0.2) is 47.4 Å². The number of nitrogens with zero attached hydrogens (tertiary/aromatic N) is 9. The van der Waals surface area contributed by atoms with Gasteiger partial charge in [0.15, 0.2) is 12.4 Å². The number of imidazole rings is 1. The fourth-order valence-corrected chi connectivity index (χ4v) is 10.4. The topological polar surface area (TPSA) is 169 Å². The highest BCUT2D eigenvalue weighted by atomic mass is 35.5.